The minimum absolute atomic E-state index is 0.988. The molecule has 9 rings (SSSR count). The maximum absolute atomic E-state index is 4.44. The first-order chi connectivity index (χ1) is 23.7. The van der Waals surface area contributed by atoms with Crippen molar-refractivity contribution in [2.24, 2.45) is 0 Å². The van der Waals surface area contributed by atoms with Crippen molar-refractivity contribution >= 4 is 49.5 Å². The third-order valence-electron chi connectivity index (χ3n) is 9.49. The van der Waals surface area contributed by atoms with Gasteiger partial charge in [-0.15, -0.1) is 0 Å². The summed E-state index contributed by atoms with van der Waals surface area (Å²) in [5.74, 6) is 0. The van der Waals surface area contributed by atoms with Crippen molar-refractivity contribution < 1.29 is 0 Å². The summed E-state index contributed by atoms with van der Waals surface area (Å²) in [7, 11) is 0. The van der Waals surface area contributed by atoms with Gasteiger partial charge in [0, 0.05) is 33.9 Å². The number of rotatable bonds is 4. The maximum Gasteiger partial charge on any atom is 0.0541 e. The number of anilines is 2. The minimum atomic E-state index is 0.988. The number of fused-ring (bicyclic) bond motifs is 5. The second-order valence-corrected chi connectivity index (χ2v) is 12.4. The molecule has 0 fully saturated rings. The molecule has 0 aliphatic carbocycles. The first-order valence-electron chi connectivity index (χ1n) is 16.4. The molecule has 0 amide bonds. The van der Waals surface area contributed by atoms with Crippen molar-refractivity contribution in [1.29, 1.82) is 0 Å². The highest BCUT2D eigenvalue weighted by molar-refractivity contribution is 6.10. The van der Waals surface area contributed by atoms with Gasteiger partial charge in [0.1, 0.15) is 0 Å². The van der Waals surface area contributed by atoms with Crippen LogP contribution in [0.15, 0.2) is 189 Å². The van der Waals surface area contributed by atoms with Crippen LogP contribution < -0.4 is 4.90 Å². The molecule has 2 heterocycles. The highest BCUT2D eigenvalue weighted by Gasteiger charge is 2.17. The summed E-state index contributed by atoms with van der Waals surface area (Å²) in [5.41, 5.74) is 12.7. The molecule has 2 heteroatoms. The lowest BCUT2D eigenvalue weighted by Crippen LogP contribution is -2.11. The zero-order chi connectivity index (χ0) is 32.0. The summed E-state index contributed by atoms with van der Waals surface area (Å²) in [5, 5.41) is 5.00. The van der Waals surface area contributed by atoms with Gasteiger partial charge in [0.2, 0.25) is 0 Å². The van der Waals surface area contributed by atoms with Crippen LogP contribution in [0.5, 0.6) is 0 Å². The van der Waals surface area contributed by atoms with E-state index in [1.807, 2.05) is 0 Å². The van der Waals surface area contributed by atoms with E-state index in [-0.39, 0.29) is 0 Å². The average molecular weight is 613 g/mol. The third-order valence-corrected chi connectivity index (χ3v) is 9.49. The molecule has 0 radical (unpaired) electrons. The summed E-state index contributed by atoms with van der Waals surface area (Å²) in [4.78, 5) is 2.23. The highest BCUT2D eigenvalue weighted by atomic mass is 15.1. The lowest BCUT2D eigenvalue weighted by molar-refractivity contribution is 1.18. The van der Waals surface area contributed by atoms with Crippen molar-refractivity contribution in [2.45, 2.75) is 0 Å². The molecule has 1 aliphatic heterocycles. The molecule has 0 N–H and O–H groups in total. The summed E-state index contributed by atoms with van der Waals surface area (Å²) in [6.45, 7) is 4.44. The van der Waals surface area contributed by atoms with Gasteiger partial charge in [-0.1, -0.05) is 116 Å². The van der Waals surface area contributed by atoms with Crippen molar-refractivity contribution in [3.05, 3.63) is 194 Å². The van der Waals surface area contributed by atoms with E-state index < -0.39 is 0 Å². The van der Waals surface area contributed by atoms with Crippen LogP contribution in [0.1, 0.15) is 5.56 Å². The van der Waals surface area contributed by atoms with E-state index in [1.165, 1.54) is 54.8 Å². The summed E-state index contributed by atoms with van der Waals surface area (Å²) in [6.07, 6.45) is 8.33. The number of aromatic nitrogens is 1. The van der Waals surface area contributed by atoms with Crippen LogP contribution in [-0.2, 0) is 0 Å². The fourth-order valence-electron chi connectivity index (χ4n) is 7.08. The standard InChI is InChI=1S/C46H32N2/c1-32-11-9-10-28-47(39-14-3-2-4-15-39)44-26-22-37(30-42(32)44)38-23-27-46-43(31-38)41-16-7-8-17-45(41)48(46)40-24-20-34(21-25-40)36-19-18-33-12-5-6-13-35(33)29-36/h2-31H,1H2/b11-9-,28-10-. The number of hydrogen-bond donors (Lipinski definition) is 0. The molecule has 1 aromatic heterocycles. The molecular weight excluding hydrogens is 581 g/mol. The van der Waals surface area contributed by atoms with E-state index in [1.54, 1.807) is 0 Å². The van der Waals surface area contributed by atoms with Crippen LogP contribution in [0.2, 0.25) is 0 Å². The first-order valence-corrected chi connectivity index (χ1v) is 16.4. The topological polar surface area (TPSA) is 8.17 Å². The molecule has 0 bridgehead atoms. The van der Waals surface area contributed by atoms with Gasteiger partial charge in [0.25, 0.3) is 0 Å². The van der Waals surface area contributed by atoms with Crippen LogP contribution in [0.4, 0.5) is 11.4 Å². The minimum Gasteiger partial charge on any atom is -0.317 e. The van der Waals surface area contributed by atoms with Crippen LogP contribution in [0.25, 0.3) is 66.1 Å². The summed E-state index contributed by atoms with van der Waals surface area (Å²) < 4.78 is 2.38. The van der Waals surface area contributed by atoms with Crippen molar-refractivity contribution in [1.82, 2.24) is 4.57 Å². The van der Waals surface area contributed by atoms with Gasteiger partial charge in [-0.2, -0.15) is 0 Å². The average Bonchev–Trinajstić information content (AvgIpc) is 3.48. The van der Waals surface area contributed by atoms with Gasteiger partial charge in [0.05, 0.1) is 16.7 Å². The zero-order valence-electron chi connectivity index (χ0n) is 26.4. The number of benzene rings is 7. The van der Waals surface area contributed by atoms with Crippen LogP contribution in [-0.4, -0.2) is 4.57 Å². The summed E-state index contributed by atoms with van der Waals surface area (Å²) >= 11 is 0. The molecule has 8 aromatic rings. The molecule has 0 saturated carbocycles. The van der Waals surface area contributed by atoms with E-state index >= 15 is 0 Å². The van der Waals surface area contributed by atoms with Gasteiger partial charge >= 0.3 is 0 Å². The zero-order valence-corrected chi connectivity index (χ0v) is 26.4. The Bertz CT molecular complexity index is 2560. The van der Waals surface area contributed by atoms with Gasteiger partial charge in [-0.05, 0) is 105 Å². The SMILES string of the molecule is C=C1/C=C\C=C/N(c2ccccc2)c2ccc(-c3ccc4c(c3)c3ccccc3n4-c3ccc(-c4ccc5ccccc5c4)cc3)cc21. The predicted octanol–water partition coefficient (Wildman–Crippen LogP) is 12.5. The molecule has 0 unspecified atom stereocenters. The Balaban J connectivity index is 1.13. The van der Waals surface area contributed by atoms with E-state index in [4.69, 9.17) is 0 Å². The molecule has 0 saturated heterocycles. The van der Waals surface area contributed by atoms with Crippen molar-refractivity contribution in [2.75, 3.05) is 4.90 Å². The maximum atomic E-state index is 4.44. The van der Waals surface area contributed by atoms with Gasteiger partial charge in [0.15, 0.2) is 0 Å². The van der Waals surface area contributed by atoms with Crippen LogP contribution in [0.3, 0.4) is 0 Å². The number of para-hydroxylation sites is 2. The Morgan fingerprint density at radius 1 is 0.438 bits per heavy atom. The monoisotopic (exact) mass is 612 g/mol. The van der Waals surface area contributed by atoms with Crippen LogP contribution >= 0.6 is 0 Å². The molecule has 1 aliphatic rings. The molecule has 7 aromatic carbocycles. The largest absolute Gasteiger partial charge is 0.317 e. The Morgan fingerprint density at radius 3 is 1.98 bits per heavy atom. The molecule has 48 heavy (non-hydrogen) atoms. The van der Waals surface area contributed by atoms with E-state index in [0.717, 1.165) is 28.2 Å². The Labute approximate surface area is 280 Å². The van der Waals surface area contributed by atoms with Crippen LogP contribution in [0, 0.1) is 0 Å². The van der Waals surface area contributed by atoms with Crippen molar-refractivity contribution in [3.63, 3.8) is 0 Å². The molecule has 2 nitrogen and oxygen atoms in total. The molecular formula is C46H32N2. The lowest BCUT2D eigenvalue weighted by atomic mass is 9.95. The second kappa shape index (κ2) is 11.5. The normalized spacial score (nSPS) is 14.2. The quantitative estimate of drug-likeness (QED) is 0.192. The first kappa shape index (κ1) is 27.9. The number of nitrogens with zero attached hydrogens (tertiary/aromatic N) is 2. The van der Waals surface area contributed by atoms with Gasteiger partial charge in [-0.3, -0.25) is 0 Å². The second-order valence-electron chi connectivity index (χ2n) is 12.4. The van der Waals surface area contributed by atoms with Crippen molar-refractivity contribution in [3.8, 4) is 27.9 Å². The van der Waals surface area contributed by atoms with Gasteiger partial charge in [-0.25, -0.2) is 0 Å². The fraction of sp³-hybridized carbons (Fsp3) is 0. The van der Waals surface area contributed by atoms with Gasteiger partial charge < -0.3 is 9.47 Å². The lowest BCUT2D eigenvalue weighted by Gasteiger charge is -2.25. The third kappa shape index (κ3) is 4.74. The number of hydrogen-bond acceptors (Lipinski definition) is 1. The Kier molecular flexibility index (Phi) is 6.65. The summed E-state index contributed by atoms with van der Waals surface area (Å²) in [6, 6.07) is 57.0. The van der Waals surface area contributed by atoms with E-state index in [9.17, 15) is 0 Å². The molecule has 226 valence electrons. The Hall–Kier alpha value is -6.38. The van der Waals surface area contributed by atoms with E-state index in [2.05, 4.69) is 198 Å². The Morgan fingerprint density at radius 2 is 1.10 bits per heavy atom. The highest BCUT2D eigenvalue weighted by Crippen LogP contribution is 2.39. The molecule has 0 spiro atoms. The number of allylic oxidation sites excluding steroid dienone is 4. The molecule has 0 atom stereocenters. The van der Waals surface area contributed by atoms with E-state index in [0.29, 0.717) is 0 Å². The predicted molar refractivity (Wildman–Crippen MR) is 205 cm³/mol. The fourth-order valence-corrected chi connectivity index (χ4v) is 7.08. The smallest absolute Gasteiger partial charge is 0.0541 e.